The molecular formula is C18H17N3O3S. The highest BCUT2D eigenvalue weighted by atomic mass is 32.1. The van der Waals surface area contributed by atoms with E-state index in [4.69, 9.17) is 0 Å². The predicted octanol–water partition coefficient (Wildman–Crippen LogP) is 2.54. The molecule has 3 rings (SSSR count). The average Bonchev–Trinajstić information content (AvgIpc) is 3.06. The lowest BCUT2D eigenvalue weighted by molar-refractivity contribution is -0.119. The van der Waals surface area contributed by atoms with Crippen molar-refractivity contribution in [3.8, 4) is 0 Å². The zero-order valence-electron chi connectivity index (χ0n) is 13.9. The van der Waals surface area contributed by atoms with Crippen LogP contribution in [-0.4, -0.2) is 21.2 Å². The fourth-order valence-corrected chi connectivity index (χ4v) is 3.32. The van der Waals surface area contributed by atoms with Crippen LogP contribution in [0, 0.1) is 0 Å². The van der Waals surface area contributed by atoms with Gasteiger partial charge in [-0.05, 0) is 23.9 Å². The number of thiophene rings is 1. The van der Waals surface area contributed by atoms with Crippen LogP contribution in [0.3, 0.4) is 0 Å². The Kier molecular flexibility index (Phi) is 4.76. The van der Waals surface area contributed by atoms with E-state index in [0.717, 1.165) is 5.56 Å². The largest absolute Gasteiger partial charge is 0.350 e. The second kappa shape index (κ2) is 6.98. The second-order valence-corrected chi connectivity index (χ2v) is 6.68. The average molecular weight is 355 g/mol. The smallest absolute Gasteiger partial charge is 0.262 e. The molecule has 7 heteroatoms. The molecule has 2 aromatic heterocycles. The summed E-state index contributed by atoms with van der Waals surface area (Å²) in [6, 6.07) is 8.60. The number of nitrogens with one attached hydrogen (secondary N) is 1. The molecule has 6 nitrogen and oxygen atoms in total. The zero-order valence-corrected chi connectivity index (χ0v) is 14.7. The van der Waals surface area contributed by atoms with Gasteiger partial charge in [-0.2, -0.15) is 0 Å². The third-order valence-corrected chi connectivity index (χ3v) is 4.74. The van der Waals surface area contributed by atoms with E-state index in [9.17, 15) is 14.4 Å². The van der Waals surface area contributed by atoms with Gasteiger partial charge in [-0.3, -0.25) is 19.0 Å². The summed E-state index contributed by atoms with van der Waals surface area (Å²) in [4.78, 5) is 40.8. The van der Waals surface area contributed by atoms with Crippen LogP contribution in [0.1, 0.15) is 35.8 Å². The third-order valence-electron chi connectivity index (χ3n) is 3.92. The number of amides is 1. The van der Waals surface area contributed by atoms with Crippen molar-refractivity contribution in [3.05, 3.63) is 63.5 Å². The zero-order chi connectivity index (χ0) is 18.0. The van der Waals surface area contributed by atoms with Gasteiger partial charge in [-0.25, -0.2) is 4.98 Å². The van der Waals surface area contributed by atoms with E-state index >= 15 is 0 Å². The Morgan fingerprint density at radius 2 is 1.96 bits per heavy atom. The van der Waals surface area contributed by atoms with Gasteiger partial charge >= 0.3 is 0 Å². The first-order chi connectivity index (χ1) is 12.0. The van der Waals surface area contributed by atoms with Crippen molar-refractivity contribution in [2.45, 2.75) is 26.4 Å². The lowest BCUT2D eigenvalue weighted by Crippen LogP contribution is -2.24. The van der Waals surface area contributed by atoms with Crippen molar-refractivity contribution in [2.75, 3.05) is 0 Å². The minimum atomic E-state index is -0.212. The summed E-state index contributed by atoms with van der Waals surface area (Å²) in [6.45, 7) is 3.28. The highest BCUT2D eigenvalue weighted by Gasteiger charge is 2.12. The lowest BCUT2D eigenvalue weighted by atomic mass is 10.0. The molecule has 0 spiro atoms. The molecule has 0 aliphatic heterocycles. The van der Waals surface area contributed by atoms with Gasteiger partial charge in [0.25, 0.3) is 5.56 Å². The molecule has 1 aromatic carbocycles. The monoisotopic (exact) mass is 355 g/mol. The molecule has 1 atom stereocenters. The summed E-state index contributed by atoms with van der Waals surface area (Å²) in [5.74, 6) is -0.277. The number of rotatable bonds is 5. The predicted molar refractivity (Wildman–Crippen MR) is 96.9 cm³/mol. The SMILES string of the molecule is CC(=O)N[C@@H](C)c1ccc(C(=O)Cn2cnc3sccc3c2=O)cc1. The Hall–Kier alpha value is -2.80. The van der Waals surface area contributed by atoms with Gasteiger partial charge in [0.1, 0.15) is 4.83 Å². The molecule has 0 unspecified atom stereocenters. The maximum absolute atomic E-state index is 12.4. The Morgan fingerprint density at radius 1 is 1.24 bits per heavy atom. The number of carbonyl (C=O) groups excluding carboxylic acids is 2. The van der Waals surface area contributed by atoms with Crippen LogP contribution in [0.4, 0.5) is 0 Å². The standard InChI is InChI=1S/C18H17N3O3S/c1-11(20-12(2)22)13-3-5-14(6-4-13)16(23)9-21-10-19-17-15(18(21)24)7-8-25-17/h3-8,10-11H,9H2,1-2H3,(H,20,22)/t11-/m0/s1. The molecule has 0 fully saturated rings. The molecule has 0 bridgehead atoms. The van der Waals surface area contributed by atoms with Crippen LogP contribution in [0.2, 0.25) is 0 Å². The number of benzene rings is 1. The number of ketones is 1. The third kappa shape index (κ3) is 3.66. The molecule has 0 aliphatic rings. The minimum Gasteiger partial charge on any atom is -0.350 e. The molecule has 1 amide bonds. The molecule has 0 saturated heterocycles. The molecular weight excluding hydrogens is 338 g/mol. The van der Waals surface area contributed by atoms with Gasteiger partial charge in [-0.15, -0.1) is 11.3 Å². The fourth-order valence-electron chi connectivity index (χ4n) is 2.60. The Balaban J connectivity index is 1.77. The van der Waals surface area contributed by atoms with E-state index < -0.39 is 0 Å². The highest BCUT2D eigenvalue weighted by Crippen LogP contribution is 2.15. The molecule has 2 heterocycles. The number of Topliss-reactive ketones (excluding diaryl/α,β-unsaturated/α-hetero) is 1. The van der Waals surface area contributed by atoms with E-state index in [1.54, 1.807) is 35.7 Å². The van der Waals surface area contributed by atoms with Crippen molar-refractivity contribution in [1.29, 1.82) is 0 Å². The van der Waals surface area contributed by atoms with E-state index in [1.165, 1.54) is 29.2 Å². The van der Waals surface area contributed by atoms with Crippen molar-refractivity contribution < 1.29 is 9.59 Å². The maximum Gasteiger partial charge on any atom is 0.262 e. The molecule has 1 N–H and O–H groups in total. The van der Waals surface area contributed by atoms with Gasteiger partial charge < -0.3 is 5.32 Å². The van der Waals surface area contributed by atoms with Crippen LogP contribution in [0.5, 0.6) is 0 Å². The van der Waals surface area contributed by atoms with Gasteiger partial charge in [-0.1, -0.05) is 24.3 Å². The van der Waals surface area contributed by atoms with E-state index in [2.05, 4.69) is 10.3 Å². The normalized spacial score (nSPS) is 12.1. The topological polar surface area (TPSA) is 81.1 Å². The number of aromatic nitrogens is 2. The van der Waals surface area contributed by atoms with E-state index in [-0.39, 0.29) is 29.8 Å². The van der Waals surface area contributed by atoms with E-state index in [1.807, 2.05) is 6.92 Å². The fraction of sp³-hybridized carbons (Fsp3) is 0.222. The van der Waals surface area contributed by atoms with Crippen LogP contribution < -0.4 is 10.9 Å². The van der Waals surface area contributed by atoms with E-state index in [0.29, 0.717) is 15.8 Å². The van der Waals surface area contributed by atoms with Crippen LogP contribution in [0.15, 0.2) is 46.8 Å². The molecule has 3 aromatic rings. The molecule has 128 valence electrons. The second-order valence-electron chi connectivity index (χ2n) is 5.78. The Bertz CT molecular complexity index is 989. The number of hydrogen-bond acceptors (Lipinski definition) is 5. The van der Waals surface area contributed by atoms with Crippen LogP contribution in [0.25, 0.3) is 10.2 Å². The summed E-state index contributed by atoms with van der Waals surface area (Å²) in [5.41, 5.74) is 1.21. The quantitative estimate of drug-likeness (QED) is 0.713. The van der Waals surface area contributed by atoms with Crippen molar-refractivity contribution in [1.82, 2.24) is 14.9 Å². The Morgan fingerprint density at radius 3 is 2.64 bits per heavy atom. The maximum atomic E-state index is 12.4. The minimum absolute atomic E-state index is 0.0573. The molecule has 0 saturated carbocycles. The van der Waals surface area contributed by atoms with Crippen molar-refractivity contribution in [2.24, 2.45) is 0 Å². The molecule has 0 radical (unpaired) electrons. The summed E-state index contributed by atoms with van der Waals surface area (Å²) in [6.07, 6.45) is 1.41. The number of carbonyl (C=O) groups is 2. The summed E-state index contributed by atoms with van der Waals surface area (Å²) >= 11 is 1.39. The number of fused-ring (bicyclic) bond motifs is 1. The summed E-state index contributed by atoms with van der Waals surface area (Å²) in [7, 11) is 0. The van der Waals surface area contributed by atoms with Crippen molar-refractivity contribution >= 4 is 33.2 Å². The van der Waals surface area contributed by atoms with Gasteiger partial charge in [0.15, 0.2) is 5.78 Å². The summed E-state index contributed by atoms with van der Waals surface area (Å²) in [5, 5.41) is 5.13. The Labute approximate surface area is 148 Å². The number of nitrogens with zero attached hydrogens (tertiary/aromatic N) is 2. The van der Waals surface area contributed by atoms with Gasteiger partial charge in [0, 0.05) is 12.5 Å². The van der Waals surface area contributed by atoms with Crippen LogP contribution in [-0.2, 0) is 11.3 Å². The van der Waals surface area contributed by atoms with Gasteiger partial charge in [0.05, 0.1) is 24.3 Å². The lowest BCUT2D eigenvalue weighted by Gasteiger charge is -2.13. The number of hydrogen-bond donors (Lipinski definition) is 1. The van der Waals surface area contributed by atoms with Gasteiger partial charge in [0.2, 0.25) is 5.91 Å². The van der Waals surface area contributed by atoms with Crippen molar-refractivity contribution in [3.63, 3.8) is 0 Å². The first-order valence-electron chi connectivity index (χ1n) is 7.78. The molecule has 0 aliphatic carbocycles. The first kappa shape index (κ1) is 17.0. The van der Waals surface area contributed by atoms with Crippen LogP contribution >= 0.6 is 11.3 Å². The molecule has 25 heavy (non-hydrogen) atoms. The first-order valence-corrected chi connectivity index (χ1v) is 8.66. The summed E-state index contributed by atoms with van der Waals surface area (Å²) < 4.78 is 1.32. The highest BCUT2D eigenvalue weighted by molar-refractivity contribution is 7.16.